The largest absolute Gasteiger partial charge is 0.311 e. The first-order chi connectivity index (χ1) is 5.81. The Labute approximate surface area is 77.0 Å². The number of thiazole rings is 1. The van der Waals surface area contributed by atoms with Crippen molar-refractivity contribution in [3.05, 3.63) is 15.6 Å². The molecule has 2 nitrogen and oxygen atoms in total. The minimum atomic E-state index is 0.417. The van der Waals surface area contributed by atoms with Gasteiger partial charge in [-0.15, -0.1) is 11.3 Å². The Morgan fingerprint density at radius 3 is 3.00 bits per heavy atom. The van der Waals surface area contributed by atoms with E-state index in [2.05, 4.69) is 17.2 Å². The summed E-state index contributed by atoms with van der Waals surface area (Å²) in [6, 6.07) is 0.417. The van der Waals surface area contributed by atoms with E-state index in [-0.39, 0.29) is 0 Å². The lowest BCUT2D eigenvalue weighted by atomic mass is 10.3. The number of hydrogen-bond donors (Lipinski definition) is 1. The molecule has 0 radical (unpaired) electrons. The van der Waals surface area contributed by atoms with Gasteiger partial charge in [0.15, 0.2) is 0 Å². The van der Waals surface area contributed by atoms with Gasteiger partial charge < -0.3 is 5.32 Å². The third-order valence-corrected chi connectivity index (χ3v) is 3.76. The van der Waals surface area contributed by atoms with Gasteiger partial charge in [-0.1, -0.05) is 0 Å². The van der Waals surface area contributed by atoms with Crippen LogP contribution in [0.2, 0.25) is 0 Å². The monoisotopic (exact) mass is 182 g/mol. The van der Waals surface area contributed by atoms with Gasteiger partial charge in [-0.05, 0) is 33.2 Å². The van der Waals surface area contributed by atoms with E-state index >= 15 is 0 Å². The third-order valence-electron chi connectivity index (χ3n) is 2.42. The van der Waals surface area contributed by atoms with Crippen LogP contribution in [-0.2, 0) is 12.8 Å². The standard InChI is InChI=1S/C9H14N2S/c1-6(10-2)9-11-7-4-3-5-8(7)12-9/h6,10H,3-5H2,1-2H3. The van der Waals surface area contributed by atoms with Crippen molar-refractivity contribution in [3.63, 3.8) is 0 Å². The minimum Gasteiger partial charge on any atom is -0.311 e. The lowest BCUT2D eigenvalue weighted by molar-refractivity contribution is 0.644. The number of aromatic nitrogens is 1. The number of nitrogens with zero attached hydrogens (tertiary/aromatic N) is 1. The number of hydrogen-bond acceptors (Lipinski definition) is 3. The van der Waals surface area contributed by atoms with Crippen molar-refractivity contribution in [2.24, 2.45) is 0 Å². The van der Waals surface area contributed by atoms with E-state index in [1.165, 1.54) is 34.8 Å². The summed E-state index contributed by atoms with van der Waals surface area (Å²) in [7, 11) is 1.98. The van der Waals surface area contributed by atoms with Gasteiger partial charge in [0.05, 0.1) is 11.7 Å². The second-order valence-electron chi connectivity index (χ2n) is 3.29. The molecule has 66 valence electrons. The Bertz CT molecular complexity index is 259. The topological polar surface area (TPSA) is 24.9 Å². The summed E-state index contributed by atoms with van der Waals surface area (Å²) >= 11 is 1.88. The quantitative estimate of drug-likeness (QED) is 0.755. The molecule has 2 rings (SSSR count). The van der Waals surface area contributed by atoms with Crippen LogP contribution in [0.3, 0.4) is 0 Å². The molecule has 0 bridgehead atoms. The molecule has 1 aromatic rings. The van der Waals surface area contributed by atoms with Crippen LogP contribution in [0, 0.1) is 0 Å². The number of rotatable bonds is 2. The summed E-state index contributed by atoms with van der Waals surface area (Å²) < 4.78 is 0. The highest BCUT2D eigenvalue weighted by Crippen LogP contribution is 2.30. The molecule has 0 saturated heterocycles. The summed E-state index contributed by atoms with van der Waals surface area (Å²) in [6.45, 7) is 2.16. The molecule has 0 amide bonds. The SMILES string of the molecule is CNC(C)c1nc2c(s1)CCC2. The molecule has 1 heterocycles. The number of fused-ring (bicyclic) bond motifs is 1. The van der Waals surface area contributed by atoms with Gasteiger partial charge in [-0.2, -0.15) is 0 Å². The van der Waals surface area contributed by atoms with Crippen molar-refractivity contribution in [2.45, 2.75) is 32.2 Å². The molecule has 1 atom stereocenters. The molecule has 1 aliphatic carbocycles. The Hall–Kier alpha value is -0.410. The van der Waals surface area contributed by atoms with Gasteiger partial charge >= 0.3 is 0 Å². The molecule has 0 aliphatic heterocycles. The third kappa shape index (κ3) is 1.27. The molecule has 0 spiro atoms. The lowest BCUT2D eigenvalue weighted by Gasteiger charge is -2.04. The van der Waals surface area contributed by atoms with Crippen LogP contribution in [0.5, 0.6) is 0 Å². The van der Waals surface area contributed by atoms with Gasteiger partial charge in [0.2, 0.25) is 0 Å². The maximum atomic E-state index is 4.62. The second kappa shape index (κ2) is 3.15. The first-order valence-electron chi connectivity index (χ1n) is 4.47. The molecular formula is C9H14N2S. The maximum absolute atomic E-state index is 4.62. The van der Waals surface area contributed by atoms with Crippen LogP contribution in [0.25, 0.3) is 0 Å². The summed E-state index contributed by atoms with van der Waals surface area (Å²) in [4.78, 5) is 6.14. The van der Waals surface area contributed by atoms with E-state index in [4.69, 9.17) is 0 Å². The summed E-state index contributed by atoms with van der Waals surface area (Å²) in [5.74, 6) is 0. The first kappa shape index (κ1) is 8.20. The molecule has 1 unspecified atom stereocenters. The fraction of sp³-hybridized carbons (Fsp3) is 0.667. The van der Waals surface area contributed by atoms with Crippen molar-refractivity contribution in [3.8, 4) is 0 Å². The smallest absolute Gasteiger partial charge is 0.110 e. The fourth-order valence-electron chi connectivity index (χ4n) is 1.52. The molecule has 0 aromatic carbocycles. The summed E-state index contributed by atoms with van der Waals surface area (Å²) in [5.41, 5.74) is 1.36. The fourth-order valence-corrected chi connectivity index (χ4v) is 2.73. The number of aryl methyl sites for hydroxylation is 2. The average Bonchev–Trinajstić information content (AvgIpc) is 2.60. The molecule has 1 aromatic heterocycles. The Balaban J connectivity index is 2.25. The maximum Gasteiger partial charge on any atom is 0.110 e. The normalized spacial score (nSPS) is 17.8. The van der Waals surface area contributed by atoms with Crippen LogP contribution < -0.4 is 5.32 Å². The van der Waals surface area contributed by atoms with Gasteiger partial charge in [-0.3, -0.25) is 0 Å². The van der Waals surface area contributed by atoms with E-state index in [0.29, 0.717) is 6.04 Å². The van der Waals surface area contributed by atoms with E-state index in [0.717, 1.165) is 0 Å². The van der Waals surface area contributed by atoms with Crippen LogP contribution in [0.15, 0.2) is 0 Å². The highest BCUT2D eigenvalue weighted by molar-refractivity contribution is 7.11. The predicted octanol–water partition coefficient (Wildman–Crippen LogP) is 1.91. The zero-order valence-corrected chi connectivity index (χ0v) is 8.37. The van der Waals surface area contributed by atoms with Gasteiger partial charge in [0.1, 0.15) is 5.01 Å². The molecule has 3 heteroatoms. The Morgan fingerprint density at radius 2 is 2.33 bits per heavy atom. The zero-order chi connectivity index (χ0) is 8.55. The number of nitrogens with one attached hydrogen (secondary N) is 1. The Morgan fingerprint density at radius 1 is 1.50 bits per heavy atom. The van der Waals surface area contributed by atoms with Gasteiger partial charge in [-0.25, -0.2) is 4.98 Å². The van der Waals surface area contributed by atoms with Crippen LogP contribution in [-0.4, -0.2) is 12.0 Å². The first-order valence-corrected chi connectivity index (χ1v) is 5.28. The predicted molar refractivity (Wildman–Crippen MR) is 51.6 cm³/mol. The average molecular weight is 182 g/mol. The zero-order valence-electron chi connectivity index (χ0n) is 7.55. The van der Waals surface area contributed by atoms with Crippen LogP contribution in [0.1, 0.15) is 35.0 Å². The van der Waals surface area contributed by atoms with Crippen molar-refractivity contribution in [1.29, 1.82) is 0 Å². The second-order valence-corrected chi connectivity index (χ2v) is 4.40. The molecular weight excluding hydrogens is 168 g/mol. The highest BCUT2D eigenvalue weighted by atomic mass is 32.1. The van der Waals surface area contributed by atoms with E-state index < -0.39 is 0 Å². The highest BCUT2D eigenvalue weighted by Gasteiger charge is 2.18. The van der Waals surface area contributed by atoms with Crippen molar-refractivity contribution < 1.29 is 0 Å². The lowest BCUT2D eigenvalue weighted by Crippen LogP contribution is -2.11. The molecule has 0 fully saturated rings. The van der Waals surface area contributed by atoms with E-state index in [1.54, 1.807) is 0 Å². The van der Waals surface area contributed by atoms with E-state index in [1.807, 2.05) is 18.4 Å². The van der Waals surface area contributed by atoms with Crippen LogP contribution in [0.4, 0.5) is 0 Å². The van der Waals surface area contributed by atoms with Crippen molar-refractivity contribution in [2.75, 3.05) is 7.05 Å². The van der Waals surface area contributed by atoms with Gasteiger partial charge in [0.25, 0.3) is 0 Å². The summed E-state index contributed by atoms with van der Waals surface area (Å²) in [5, 5.41) is 4.47. The molecule has 1 aliphatic rings. The van der Waals surface area contributed by atoms with Crippen LogP contribution >= 0.6 is 11.3 Å². The summed E-state index contributed by atoms with van der Waals surface area (Å²) in [6.07, 6.45) is 3.76. The van der Waals surface area contributed by atoms with E-state index in [9.17, 15) is 0 Å². The van der Waals surface area contributed by atoms with Crippen molar-refractivity contribution in [1.82, 2.24) is 10.3 Å². The van der Waals surface area contributed by atoms with Gasteiger partial charge in [0, 0.05) is 4.88 Å². The molecule has 12 heavy (non-hydrogen) atoms. The Kier molecular flexibility index (Phi) is 2.15. The minimum absolute atomic E-state index is 0.417. The van der Waals surface area contributed by atoms with Crippen molar-refractivity contribution >= 4 is 11.3 Å². The molecule has 1 N–H and O–H groups in total. The molecule has 0 saturated carbocycles.